The SMILES string of the molecule is CC(c1ccc(C(C)(C)C)cc1)N(C)C(CN)C1CC1. The molecule has 1 aliphatic rings. The smallest absolute Gasteiger partial charge is 0.0320 e. The lowest BCUT2D eigenvalue weighted by Crippen LogP contribution is -2.41. The van der Waals surface area contributed by atoms with Crippen LogP contribution in [0.3, 0.4) is 0 Å². The van der Waals surface area contributed by atoms with E-state index in [2.05, 4.69) is 63.9 Å². The molecule has 112 valence electrons. The summed E-state index contributed by atoms with van der Waals surface area (Å²) in [7, 11) is 2.22. The lowest BCUT2D eigenvalue weighted by Gasteiger charge is -2.33. The van der Waals surface area contributed by atoms with E-state index < -0.39 is 0 Å². The molecule has 2 N–H and O–H groups in total. The van der Waals surface area contributed by atoms with Crippen LogP contribution < -0.4 is 5.73 Å². The van der Waals surface area contributed by atoms with E-state index >= 15 is 0 Å². The summed E-state index contributed by atoms with van der Waals surface area (Å²) in [4.78, 5) is 2.46. The van der Waals surface area contributed by atoms with Gasteiger partial charge in [-0.05, 0) is 49.3 Å². The summed E-state index contributed by atoms with van der Waals surface area (Å²) in [6, 6.07) is 10.1. The van der Waals surface area contributed by atoms with E-state index in [4.69, 9.17) is 5.73 Å². The largest absolute Gasteiger partial charge is 0.329 e. The second kappa shape index (κ2) is 5.87. The number of benzene rings is 1. The molecule has 2 atom stereocenters. The number of likely N-dealkylation sites (N-methyl/N-ethyl adjacent to an activating group) is 1. The predicted octanol–water partition coefficient (Wildman–Crippen LogP) is 3.71. The molecule has 1 aromatic rings. The molecule has 0 saturated heterocycles. The van der Waals surface area contributed by atoms with E-state index in [0.717, 1.165) is 12.5 Å². The third kappa shape index (κ3) is 3.42. The Morgan fingerprint density at radius 2 is 1.75 bits per heavy atom. The fourth-order valence-corrected chi connectivity index (χ4v) is 2.96. The lowest BCUT2D eigenvalue weighted by molar-refractivity contribution is 0.170. The monoisotopic (exact) mass is 274 g/mol. The van der Waals surface area contributed by atoms with Crippen molar-refractivity contribution in [3.05, 3.63) is 35.4 Å². The molecule has 0 radical (unpaired) electrons. The summed E-state index contributed by atoms with van der Waals surface area (Å²) >= 11 is 0. The van der Waals surface area contributed by atoms with Crippen LogP contribution in [0, 0.1) is 5.92 Å². The molecule has 0 aromatic heterocycles. The highest BCUT2D eigenvalue weighted by atomic mass is 15.2. The number of nitrogens with two attached hydrogens (primary N) is 1. The van der Waals surface area contributed by atoms with Gasteiger partial charge in [0.25, 0.3) is 0 Å². The molecule has 2 rings (SSSR count). The van der Waals surface area contributed by atoms with E-state index in [9.17, 15) is 0 Å². The summed E-state index contributed by atoms with van der Waals surface area (Å²) in [6.45, 7) is 9.84. The van der Waals surface area contributed by atoms with Gasteiger partial charge in [0.15, 0.2) is 0 Å². The Morgan fingerprint density at radius 1 is 1.20 bits per heavy atom. The van der Waals surface area contributed by atoms with Crippen LogP contribution in [0.4, 0.5) is 0 Å². The van der Waals surface area contributed by atoms with Gasteiger partial charge in [0.2, 0.25) is 0 Å². The topological polar surface area (TPSA) is 29.3 Å². The Bertz CT molecular complexity index is 426. The molecular formula is C18H30N2. The van der Waals surface area contributed by atoms with Crippen molar-refractivity contribution < 1.29 is 0 Å². The van der Waals surface area contributed by atoms with E-state index in [1.165, 1.54) is 24.0 Å². The van der Waals surface area contributed by atoms with Gasteiger partial charge in [0, 0.05) is 18.6 Å². The summed E-state index contributed by atoms with van der Waals surface area (Å²) in [5, 5.41) is 0. The van der Waals surface area contributed by atoms with Crippen LogP contribution in [-0.4, -0.2) is 24.5 Å². The van der Waals surface area contributed by atoms with Crippen molar-refractivity contribution in [2.24, 2.45) is 11.7 Å². The zero-order chi connectivity index (χ0) is 14.9. The minimum absolute atomic E-state index is 0.224. The molecule has 2 unspecified atom stereocenters. The third-order valence-corrected chi connectivity index (χ3v) is 4.80. The fourth-order valence-electron chi connectivity index (χ4n) is 2.96. The third-order valence-electron chi connectivity index (χ3n) is 4.80. The molecule has 0 spiro atoms. The highest BCUT2D eigenvalue weighted by Gasteiger charge is 2.34. The molecular weight excluding hydrogens is 244 g/mol. The predicted molar refractivity (Wildman–Crippen MR) is 86.9 cm³/mol. The first-order valence-electron chi connectivity index (χ1n) is 7.87. The second-order valence-electron chi connectivity index (χ2n) is 7.35. The average molecular weight is 274 g/mol. The molecule has 2 nitrogen and oxygen atoms in total. The molecule has 1 aliphatic carbocycles. The van der Waals surface area contributed by atoms with Gasteiger partial charge in [-0.3, -0.25) is 4.90 Å². The minimum atomic E-state index is 0.224. The molecule has 1 aromatic carbocycles. The number of rotatable bonds is 5. The maximum Gasteiger partial charge on any atom is 0.0320 e. The lowest BCUT2D eigenvalue weighted by atomic mass is 9.86. The molecule has 0 amide bonds. The van der Waals surface area contributed by atoms with Gasteiger partial charge in [-0.25, -0.2) is 0 Å². The molecule has 0 bridgehead atoms. The Labute approximate surface area is 124 Å². The normalized spacial score (nSPS) is 19.1. The van der Waals surface area contributed by atoms with Crippen molar-refractivity contribution in [1.82, 2.24) is 4.90 Å². The van der Waals surface area contributed by atoms with Crippen molar-refractivity contribution in [3.8, 4) is 0 Å². The van der Waals surface area contributed by atoms with Crippen LogP contribution in [0.5, 0.6) is 0 Å². The minimum Gasteiger partial charge on any atom is -0.329 e. The number of hydrogen-bond acceptors (Lipinski definition) is 2. The Morgan fingerprint density at radius 3 is 2.15 bits per heavy atom. The number of hydrogen-bond donors (Lipinski definition) is 1. The zero-order valence-electron chi connectivity index (χ0n) is 13.7. The molecule has 2 heteroatoms. The van der Waals surface area contributed by atoms with Gasteiger partial charge >= 0.3 is 0 Å². The first kappa shape index (κ1) is 15.5. The zero-order valence-corrected chi connectivity index (χ0v) is 13.7. The Hall–Kier alpha value is -0.860. The maximum atomic E-state index is 5.97. The van der Waals surface area contributed by atoms with Crippen LogP contribution in [0.25, 0.3) is 0 Å². The van der Waals surface area contributed by atoms with Crippen molar-refractivity contribution in [1.29, 1.82) is 0 Å². The van der Waals surface area contributed by atoms with E-state index in [0.29, 0.717) is 12.1 Å². The molecule has 0 heterocycles. The van der Waals surface area contributed by atoms with E-state index in [-0.39, 0.29) is 5.41 Å². The highest BCUT2D eigenvalue weighted by molar-refractivity contribution is 5.29. The second-order valence-corrected chi connectivity index (χ2v) is 7.35. The van der Waals surface area contributed by atoms with Gasteiger partial charge in [-0.15, -0.1) is 0 Å². The summed E-state index contributed by atoms with van der Waals surface area (Å²) in [5.41, 5.74) is 8.98. The Kier molecular flexibility index (Phi) is 4.55. The highest BCUT2D eigenvalue weighted by Crippen LogP contribution is 2.37. The Balaban J connectivity index is 2.10. The van der Waals surface area contributed by atoms with Gasteiger partial charge in [0.1, 0.15) is 0 Å². The maximum absolute atomic E-state index is 5.97. The van der Waals surface area contributed by atoms with Gasteiger partial charge < -0.3 is 5.73 Å². The quantitative estimate of drug-likeness (QED) is 0.887. The molecule has 1 saturated carbocycles. The van der Waals surface area contributed by atoms with Gasteiger partial charge in [-0.2, -0.15) is 0 Å². The van der Waals surface area contributed by atoms with Crippen LogP contribution in [0.2, 0.25) is 0 Å². The van der Waals surface area contributed by atoms with Crippen molar-refractivity contribution in [2.75, 3.05) is 13.6 Å². The average Bonchev–Trinajstić information content (AvgIpc) is 3.22. The standard InChI is InChI=1S/C18H30N2/c1-13(20(5)17(12-19)15-6-7-15)14-8-10-16(11-9-14)18(2,3)4/h8-11,13,15,17H,6-7,12,19H2,1-5H3. The van der Waals surface area contributed by atoms with E-state index in [1.54, 1.807) is 0 Å². The van der Waals surface area contributed by atoms with Crippen molar-refractivity contribution in [3.63, 3.8) is 0 Å². The van der Waals surface area contributed by atoms with Crippen LogP contribution in [0.1, 0.15) is 57.7 Å². The van der Waals surface area contributed by atoms with Gasteiger partial charge in [0.05, 0.1) is 0 Å². The van der Waals surface area contributed by atoms with Crippen molar-refractivity contribution in [2.45, 2.75) is 58.0 Å². The summed E-state index contributed by atoms with van der Waals surface area (Å²) < 4.78 is 0. The summed E-state index contributed by atoms with van der Waals surface area (Å²) in [6.07, 6.45) is 2.70. The van der Waals surface area contributed by atoms with E-state index in [1.807, 2.05) is 0 Å². The molecule has 0 aliphatic heterocycles. The van der Waals surface area contributed by atoms with Crippen LogP contribution in [0.15, 0.2) is 24.3 Å². The number of nitrogens with zero attached hydrogens (tertiary/aromatic N) is 1. The van der Waals surface area contributed by atoms with Crippen LogP contribution >= 0.6 is 0 Å². The first-order chi connectivity index (χ1) is 9.34. The first-order valence-corrected chi connectivity index (χ1v) is 7.87. The van der Waals surface area contributed by atoms with Gasteiger partial charge in [-0.1, -0.05) is 45.0 Å². The van der Waals surface area contributed by atoms with Crippen LogP contribution in [-0.2, 0) is 5.41 Å². The molecule has 20 heavy (non-hydrogen) atoms. The fraction of sp³-hybridized carbons (Fsp3) is 0.667. The molecule has 1 fully saturated rings. The summed E-state index contributed by atoms with van der Waals surface area (Å²) in [5.74, 6) is 0.821. The van der Waals surface area contributed by atoms with Crippen molar-refractivity contribution >= 4 is 0 Å².